The van der Waals surface area contributed by atoms with E-state index in [2.05, 4.69) is 10.2 Å². The molecule has 0 spiro atoms. The van der Waals surface area contributed by atoms with Crippen LogP contribution >= 0.6 is 46.4 Å². The number of benzene rings is 1. The molecule has 0 aliphatic rings. The summed E-state index contributed by atoms with van der Waals surface area (Å²) in [6, 6.07) is 1.56. The first kappa shape index (κ1) is 14.8. The van der Waals surface area contributed by atoms with Gasteiger partial charge in [0.15, 0.2) is 0 Å². The van der Waals surface area contributed by atoms with E-state index in [-0.39, 0.29) is 0 Å². The predicted molar refractivity (Wildman–Crippen MR) is 72.4 cm³/mol. The van der Waals surface area contributed by atoms with Gasteiger partial charge < -0.3 is 4.74 Å². The fourth-order valence-corrected chi connectivity index (χ4v) is 1.84. The zero-order valence-electron chi connectivity index (χ0n) is 9.18. The van der Waals surface area contributed by atoms with Crippen LogP contribution in [0.25, 0.3) is 0 Å². The number of hydrogen-bond acceptors (Lipinski definition) is 3. The number of azo groups is 1. The standard InChI is InChI=1S/C10H10Cl4N2O/c1-3-15-16-9-6(11)4-7(17-10(13)14)5(2)8(9)12/h4,10H,3H2,1-2H3. The topological polar surface area (TPSA) is 34.0 Å². The molecular formula is C10H10Cl4N2O. The van der Waals surface area contributed by atoms with Crippen LogP contribution in [0.3, 0.4) is 0 Å². The molecule has 1 aromatic carbocycles. The summed E-state index contributed by atoms with van der Waals surface area (Å²) in [5.74, 6) is 0.422. The van der Waals surface area contributed by atoms with E-state index in [0.717, 1.165) is 0 Å². The molecule has 1 aromatic rings. The van der Waals surface area contributed by atoms with Gasteiger partial charge in [-0.15, -0.1) is 0 Å². The van der Waals surface area contributed by atoms with E-state index >= 15 is 0 Å². The van der Waals surface area contributed by atoms with E-state index in [1.165, 1.54) is 0 Å². The molecule has 0 heterocycles. The van der Waals surface area contributed by atoms with Gasteiger partial charge in [0.25, 0.3) is 0 Å². The summed E-state index contributed by atoms with van der Waals surface area (Å²) in [5, 5.41) is 7.53. The first-order valence-corrected chi connectivity index (χ1v) is 6.41. The lowest BCUT2D eigenvalue weighted by Gasteiger charge is -2.12. The van der Waals surface area contributed by atoms with E-state index in [0.29, 0.717) is 33.6 Å². The molecule has 0 radical (unpaired) electrons. The van der Waals surface area contributed by atoms with Crippen molar-refractivity contribution in [1.82, 2.24) is 0 Å². The normalized spacial score (nSPS) is 11.5. The van der Waals surface area contributed by atoms with Crippen molar-refractivity contribution in [2.75, 3.05) is 6.54 Å². The monoisotopic (exact) mass is 314 g/mol. The Hall–Kier alpha value is -0.220. The molecule has 0 amide bonds. The van der Waals surface area contributed by atoms with Gasteiger partial charge in [0.05, 0.1) is 16.6 Å². The molecule has 0 N–H and O–H groups in total. The van der Waals surface area contributed by atoms with Crippen LogP contribution in [0, 0.1) is 6.92 Å². The molecule has 0 saturated heterocycles. The van der Waals surface area contributed by atoms with E-state index in [1.807, 2.05) is 6.92 Å². The Kier molecular flexibility index (Phi) is 5.80. The molecule has 0 aliphatic carbocycles. The minimum Gasteiger partial charge on any atom is -0.460 e. The molecule has 3 nitrogen and oxygen atoms in total. The Bertz CT molecular complexity index is 435. The van der Waals surface area contributed by atoms with E-state index < -0.39 is 5.02 Å². The highest BCUT2D eigenvalue weighted by Gasteiger charge is 2.15. The summed E-state index contributed by atoms with van der Waals surface area (Å²) >= 11 is 23.2. The molecule has 94 valence electrons. The van der Waals surface area contributed by atoms with Crippen molar-refractivity contribution in [2.45, 2.75) is 18.9 Å². The van der Waals surface area contributed by atoms with E-state index in [4.69, 9.17) is 51.1 Å². The predicted octanol–water partition coefficient (Wildman–Crippen LogP) is 5.55. The summed E-state index contributed by atoms with van der Waals surface area (Å²) in [7, 11) is 0. The second-order valence-electron chi connectivity index (χ2n) is 3.08. The van der Waals surface area contributed by atoms with Crippen molar-refractivity contribution in [1.29, 1.82) is 0 Å². The Balaban J connectivity index is 3.21. The number of rotatable bonds is 4. The highest BCUT2D eigenvalue weighted by Crippen LogP contribution is 2.41. The zero-order valence-corrected chi connectivity index (χ0v) is 12.2. The minimum atomic E-state index is -0.982. The molecular weight excluding hydrogens is 306 g/mol. The molecule has 0 saturated carbocycles. The van der Waals surface area contributed by atoms with Gasteiger partial charge in [-0.05, 0) is 13.8 Å². The third-order valence-corrected chi connectivity index (χ3v) is 2.85. The Morgan fingerprint density at radius 1 is 1.35 bits per heavy atom. The summed E-state index contributed by atoms with van der Waals surface area (Å²) < 4.78 is 5.16. The average molecular weight is 316 g/mol. The van der Waals surface area contributed by atoms with Crippen LogP contribution < -0.4 is 4.74 Å². The van der Waals surface area contributed by atoms with Crippen molar-refractivity contribution in [2.24, 2.45) is 10.2 Å². The second-order valence-corrected chi connectivity index (χ2v) is 4.88. The van der Waals surface area contributed by atoms with Crippen LogP contribution in [0.2, 0.25) is 10.0 Å². The molecule has 1 rings (SSSR count). The van der Waals surface area contributed by atoms with Gasteiger partial charge in [-0.1, -0.05) is 46.4 Å². The van der Waals surface area contributed by atoms with Crippen LogP contribution in [-0.2, 0) is 0 Å². The summed E-state index contributed by atoms with van der Waals surface area (Å²) in [4.78, 5) is 0. The Labute approximate surface area is 120 Å². The molecule has 0 fully saturated rings. The number of alkyl halides is 2. The Morgan fingerprint density at radius 2 is 2.00 bits per heavy atom. The molecule has 0 bridgehead atoms. The maximum Gasteiger partial charge on any atom is 0.247 e. The van der Waals surface area contributed by atoms with Crippen molar-refractivity contribution < 1.29 is 4.74 Å². The quantitative estimate of drug-likeness (QED) is 0.530. The number of ether oxygens (including phenoxy) is 1. The fourth-order valence-electron chi connectivity index (χ4n) is 1.13. The van der Waals surface area contributed by atoms with Crippen LogP contribution in [0.5, 0.6) is 5.75 Å². The maximum absolute atomic E-state index is 6.12. The van der Waals surface area contributed by atoms with Gasteiger partial charge >= 0.3 is 0 Å². The SMILES string of the molecule is CCN=Nc1c(Cl)cc(OC(Cl)Cl)c(C)c1Cl. The molecule has 0 aliphatic heterocycles. The van der Waals surface area contributed by atoms with Gasteiger partial charge in [0.1, 0.15) is 11.4 Å². The van der Waals surface area contributed by atoms with E-state index in [1.54, 1.807) is 13.0 Å². The van der Waals surface area contributed by atoms with Crippen molar-refractivity contribution in [3.05, 3.63) is 21.7 Å². The number of halogens is 4. The van der Waals surface area contributed by atoms with E-state index in [9.17, 15) is 0 Å². The lowest BCUT2D eigenvalue weighted by atomic mass is 10.2. The second kappa shape index (κ2) is 6.64. The molecule has 7 heteroatoms. The summed E-state index contributed by atoms with van der Waals surface area (Å²) in [6.07, 6.45) is 0. The molecule has 0 unspecified atom stereocenters. The summed E-state index contributed by atoms with van der Waals surface area (Å²) in [5.41, 5.74) is 1.08. The van der Waals surface area contributed by atoms with Gasteiger partial charge in [-0.25, -0.2) is 0 Å². The van der Waals surface area contributed by atoms with Crippen molar-refractivity contribution >= 4 is 52.1 Å². The van der Waals surface area contributed by atoms with Gasteiger partial charge in [0, 0.05) is 11.6 Å². The van der Waals surface area contributed by atoms with Crippen LogP contribution in [0.15, 0.2) is 16.3 Å². The average Bonchev–Trinajstić information content (AvgIpc) is 2.25. The Morgan fingerprint density at radius 3 is 2.53 bits per heavy atom. The highest BCUT2D eigenvalue weighted by atomic mass is 35.5. The summed E-state index contributed by atoms with van der Waals surface area (Å²) in [6.45, 7) is 4.17. The smallest absolute Gasteiger partial charge is 0.247 e. The van der Waals surface area contributed by atoms with Crippen molar-refractivity contribution in [3.63, 3.8) is 0 Å². The molecule has 17 heavy (non-hydrogen) atoms. The fraction of sp³-hybridized carbons (Fsp3) is 0.400. The first-order valence-electron chi connectivity index (χ1n) is 4.78. The first-order chi connectivity index (χ1) is 7.97. The number of nitrogens with zero attached hydrogens (tertiary/aromatic N) is 2. The maximum atomic E-state index is 6.12. The largest absolute Gasteiger partial charge is 0.460 e. The minimum absolute atomic E-state index is 0.335. The van der Waals surface area contributed by atoms with Crippen LogP contribution in [0.1, 0.15) is 12.5 Å². The van der Waals surface area contributed by atoms with Gasteiger partial charge in [-0.3, -0.25) is 0 Å². The lowest BCUT2D eigenvalue weighted by molar-refractivity contribution is 0.352. The molecule has 0 aromatic heterocycles. The third kappa shape index (κ3) is 3.88. The lowest BCUT2D eigenvalue weighted by Crippen LogP contribution is -2.01. The van der Waals surface area contributed by atoms with Gasteiger partial charge in [-0.2, -0.15) is 10.2 Å². The number of hydrogen-bond donors (Lipinski definition) is 0. The zero-order chi connectivity index (χ0) is 13.0. The van der Waals surface area contributed by atoms with Crippen LogP contribution in [0.4, 0.5) is 5.69 Å². The third-order valence-electron chi connectivity index (χ3n) is 1.92. The van der Waals surface area contributed by atoms with Crippen molar-refractivity contribution in [3.8, 4) is 5.75 Å². The molecule has 0 atom stereocenters. The van der Waals surface area contributed by atoms with Gasteiger partial charge in [0.2, 0.25) is 5.02 Å². The highest BCUT2D eigenvalue weighted by molar-refractivity contribution is 6.43. The van der Waals surface area contributed by atoms with Crippen LogP contribution in [-0.4, -0.2) is 11.6 Å².